The topological polar surface area (TPSA) is 60.4 Å². The molecular formula is C32H24O4. The van der Waals surface area contributed by atoms with Crippen LogP contribution in [0.5, 0.6) is 5.75 Å². The third-order valence-corrected chi connectivity index (χ3v) is 3.85. The molecule has 4 nitrogen and oxygen atoms in total. The van der Waals surface area contributed by atoms with Crippen molar-refractivity contribution in [3.8, 4) is 88.6 Å². The van der Waals surface area contributed by atoms with Crippen LogP contribution in [0.1, 0.15) is 39.6 Å². The van der Waals surface area contributed by atoms with Gasteiger partial charge in [-0.05, 0) is 116 Å². The Morgan fingerprint density at radius 1 is 0.694 bits per heavy atom. The van der Waals surface area contributed by atoms with Crippen LogP contribution >= 0.6 is 0 Å². The smallest absolute Gasteiger partial charge is 0.231 e. The lowest BCUT2D eigenvalue weighted by molar-refractivity contribution is 0.101. The molecule has 1 heterocycles. The van der Waals surface area contributed by atoms with Crippen molar-refractivity contribution < 1.29 is 13.8 Å². The molecular weight excluding hydrogens is 448 g/mol. The minimum atomic E-state index is -0.0490. The Kier molecular flexibility index (Phi) is 13.9. The SMILES string of the molecule is CC#CC#CC#CC#CC#CC#CC#CC.Cc1cccc(/C=C2\Oc3ccccc3C2=O)c1.O=O.[HH].[HH].[HH]. The number of aryl methyl sites for hydroxylation is 1. The fraction of sp³-hybridized carbons (Fsp3) is 0.0938. The highest BCUT2D eigenvalue weighted by Gasteiger charge is 2.26. The van der Waals surface area contributed by atoms with Gasteiger partial charge in [0, 0.05) is 14.2 Å². The minimum absolute atomic E-state index is 0. The number of allylic oxidation sites excluding steroid dienone is 1. The van der Waals surface area contributed by atoms with E-state index in [1.54, 1.807) is 26.0 Å². The van der Waals surface area contributed by atoms with Gasteiger partial charge in [-0.25, -0.2) is 0 Å². The standard InChI is InChI=1S/C16H12O2.C16H6.O2.3H2/c1-11-5-4-6-12(9-11)10-15-16(17)13-7-2-3-8-14(13)18-15;1-3-5-7-9-11-13-15-16-14-12-10-8-6-4-2;1-2;;;/h2-10H,1H3;1-2H3;;3*1H/b15-10-;;;;;. The number of hydrogen-bond donors (Lipinski definition) is 0. The molecule has 1 aliphatic rings. The van der Waals surface area contributed by atoms with E-state index in [0.717, 1.165) is 11.1 Å². The molecule has 0 amide bonds. The van der Waals surface area contributed by atoms with Gasteiger partial charge in [0.25, 0.3) is 0 Å². The third kappa shape index (κ3) is 10.7. The number of para-hydroxylation sites is 1. The summed E-state index contributed by atoms with van der Waals surface area (Å²) in [6.45, 7) is 5.44. The first-order valence-electron chi connectivity index (χ1n) is 10.3. The number of benzene rings is 2. The first-order chi connectivity index (χ1) is 17.7. The fourth-order valence-electron chi connectivity index (χ4n) is 2.48. The van der Waals surface area contributed by atoms with Crippen LogP contribution in [-0.4, -0.2) is 5.78 Å². The van der Waals surface area contributed by atoms with E-state index in [9.17, 15) is 4.79 Å². The van der Waals surface area contributed by atoms with E-state index >= 15 is 0 Å². The van der Waals surface area contributed by atoms with Crippen molar-refractivity contribution in [2.75, 3.05) is 0 Å². The van der Waals surface area contributed by atoms with Crippen LogP contribution in [0.3, 0.4) is 0 Å². The number of rotatable bonds is 1. The summed E-state index contributed by atoms with van der Waals surface area (Å²) in [7, 11) is 0. The summed E-state index contributed by atoms with van der Waals surface area (Å²) in [4.78, 5) is 26.1. The van der Waals surface area contributed by atoms with Crippen LogP contribution in [0.2, 0.25) is 0 Å². The van der Waals surface area contributed by atoms with Crippen molar-refractivity contribution in [3.05, 3.63) is 80.9 Å². The minimum Gasteiger partial charge on any atom is -0.452 e. The van der Waals surface area contributed by atoms with Crippen LogP contribution in [0.15, 0.2) is 54.3 Å². The van der Waals surface area contributed by atoms with Gasteiger partial charge in [0.15, 0.2) is 5.76 Å². The molecule has 176 valence electrons. The molecule has 4 heteroatoms. The molecule has 1 aliphatic heterocycles. The monoisotopic (exact) mass is 472 g/mol. The number of fused-ring (bicyclic) bond motifs is 1. The Morgan fingerprint density at radius 3 is 1.67 bits per heavy atom. The van der Waals surface area contributed by atoms with E-state index in [4.69, 9.17) is 14.7 Å². The fourth-order valence-corrected chi connectivity index (χ4v) is 2.48. The van der Waals surface area contributed by atoms with Gasteiger partial charge in [-0.3, -0.25) is 4.79 Å². The van der Waals surface area contributed by atoms with Gasteiger partial charge in [0.2, 0.25) is 5.78 Å². The molecule has 2 aromatic rings. The molecule has 0 saturated heterocycles. The predicted molar refractivity (Wildman–Crippen MR) is 149 cm³/mol. The van der Waals surface area contributed by atoms with Gasteiger partial charge in [-0.1, -0.05) is 53.8 Å². The molecule has 0 atom stereocenters. The second kappa shape index (κ2) is 17.7. The highest BCUT2D eigenvalue weighted by atomic mass is 16.7. The first kappa shape index (κ1) is 28.2. The largest absolute Gasteiger partial charge is 0.452 e. The van der Waals surface area contributed by atoms with Gasteiger partial charge < -0.3 is 4.74 Å². The van der Waals surface area contributed by atoms with E-state index in [1.807, 2.05) is 49.4 Å². The molecule has 0 bridgehead atoms. The summed E-state index contributed by atoms with van der Waals surface area (Å²) in [6.07, 6.45) is 1.79. The van der Waals surface area contributed by atoms with Crippen molar-refractivity contribution >= 4 is 11.9 Å². The Labute approximate surface area is 216 Å². The second-order valence-electron chi connectivity index (χ2n) is 6.35. The number of carbonyl (C=O) groups is 1. The molecule has 0 radical (unpaired) electrons. The van der Waals surface area contributed by atoms with Crippen molar-refractivity contribution in [2.45, 2.75) is 20.8 Å². The van der Waals surface area contributed by atoms with E-state index in [0.29, 0.717) is 17.1 Å². The van der Waals surface area contributed by atoms with E-state index < -0.39 is 0 Å². The van der Waals surface area contributed by atoms with Crippen molar-refractivity contribution in [2.24, 2.45) is 0 Å². The Morgan fingerprint density at radius 2 is 1.19 bits per heavy atom. The number of hydrogen-bond acceptors (Lipinski definition) is 4. The third-order valence-electron chi connectivity index (χ3n) is 3.85. The van der Waals surface area contributed by atoms with Gasteiger partial charge in [0.1, 0.15) is 5.75 Å². The van der Waals surface area contributed by atoms with Gasteiger partial charge in [0.05, 0.1) is 5.56 Å². The Hall–Kier alpha value is -5.83. The first-order valence-corrected chi connectivity index (χ1v) is 10.3. The normalized spacial score (nSPS) is 9.64. The van der Waals surface area contributed by atoms with Crippen molar-refractivity contribution in [1.82, 2.24) is 0 Å². The lowest BCUT2D eigenvalue weighted by Gasteiger charge is -1.99. The predicted octanol–water partition coefficient (Wildman–Crippen LogP) is 5.47. The molecule has 3 rings (SSSR count). The van der Waals surface area contributed by atoms with Gasteiger partial charge in [-0.15, -0.1) is 0 Å². The lowest BCUT2D eigenvalue weighted by Crippen LogP contribution is -1.97. The zero-order chi connectivity index (χ0) is 26.4. The molecule has 0 saturated carbocycles. The maximum absolute atomic E-state index is 12.1. The summed E-state index contributed by atoms with van der Waals surface area (Å²) in [5.74, 6) is 36.6. The van der Waals surface area contributed by atoms with Crippen LogP contribution in [-0.2, 0) is 0 Å². The maximum Gasteiger partial charge on any atom is 0.231 e. The molecule has 0 spiro atoms. The molecule has 0 aliphatic carbocycles. The molecule has 36 heavy (non-hydrogen) atoms. The molecule has 0 fully saturated rings. The van der Waals surface area contributed by atoms with E-state index in [1.165, 1.54) is 0 Å². The number of ketones is 1. The highest BCUT2D eigenvalue weighted by Crippen LogP contribution is 2.31. The average molecular weight is 473 g/mol. The van der Waals surface area contributed by atoms with Gasteiger partial charge >= 0.3 is 0 Å². The zero-order valence-electron chi connectivity index (χ0n) is 19.8. The average Bonchev–Trinajstić information content (AvgIpc) is 3.21. The summed E-state index contributed by atoms with van der Waals surface area (Å²) < 4.78 is 5.57. The summed E-state index contributed by atoms with van der Waals surface area (Å²) in [6, 6.07) is 15.3. The number of ether oxygens (including phenoxy) is 1. The number of Topliss-reactive ketones (excluding diaryl/α,β-unsaturated/α-hetero) is 1. The lowest BCUT2D eigenvalue weighted by atomic mass is 10.1. The second-order valence-corrected chi connectivity index (χ2v) is 6.35. The van der Waals surface area contributed by atoms with E-state index in [-0.39, 0.29) is 10.1 Å². The molecule has 0 N–H and O–H groups in total. The Balaban J connectivity index is -0.000000587. The maximum atomic E-state index is 12.1. The van der Waals surface area contributed by atoms with Crippen LogP contribution in [0.4, 0.5) is 0 Å². The number of carbonyl (C=O) groups excluding carboxylic acids is 1. The van der Waals surface area contributed by atoms with Crippen LogP contribution in [0.25, 0.3) is 6.08 Å². The quantitative estimate of drug-likeness (QED) is 0.408. The Bertz CT molecular complexity index is 1530. The van der Waals surface area contributed by atoms with Crippen molar-refractivity contribution in [1.29, 1.82) is 0 Å². The van der Waals surface area contributed by atoms with Crippen LogP contribution in [0, 0.1) is 99.7 Å². The van der Waals surface area contributed by atoms with Crippen molar-refractivity contribution in [3.63, 3.8) is 0 Å². The summed E-state index contributed by atoms with van der Waals surface area (Å²) in [5, 5.41) is 0. The molecule has 2 aromatic carbocycles. The zero-order valence-corrected chi connectivity index (χ0v) is 19.8. The summed E-state index contributed by atoms with van der Waals surface area (Å²) in [5.41, 5.74) is 2.77. The van der Waals surface area contributed by atoms with E-state index in [2.05, 4.69) is 82.9 Å². The molecule has 0 aromatic heterocycles. The summed E-state index contributed by atoms with van der Waals surface area (Å²) >= 11 is 0. The highest BCUT2D eigenvalue weighted by molar-refractivity contribution is 6.14. The molecule has 0 unspecified atom stereocenters. The van der Waals surface area contributed by atoms with Crippen LogP contribution < -0.4 is 4.74 Å². The van der Waals surface area contributed by atoms with Gasteiger partial charge in [-0.2, -0.15) is 0 Å².